The number of hydrogen-bond acceptors (Lipinski definition) is 5. The van der Waals surface area contributed by atoms with Crippen LogP contribution in [0.2, 0.25) is 0 Å². The smallest absolute Gasteiger partial charge is 0.340 e. The first kappa shape index (κ1) is 13.7. The number of nitrogens with zero attached hydrogens (tertiary/aromatic N) is 1. The molecule has 1 aliphatic rings. The van der Waals surface area contributed by atoms with E-state index in [-0.39, 0.29) is 11.2 Å². The van der Waals surface area contributed by atoms with Crippen LogP contribution in [0.4, 0.5) is 5.69 Å². The van der Waals surface area contributed by atoms with E-state index < -0.39 is 5.97 Å². The van der Waals surface area contributed by atoms with Gasteiger partial charge in [-0.3, -0.25) is 4.79 Å². The Labute approximate surface area is 116 Å². The molecule has 0 radical (unpaired) electrons. The molecule has 0 saturated carbocycles. The molecule has 1 aromatic carbocycles. The van der Waals surface area contributed by atoms with Crippen molar-refractivity contribution in [1.82, 2.24) is 0 Å². The summed E-state index contributed by atoms with van der Waals surface area (Å²) in [4.78, 5) is 25.3. The number of thiol groups is 1. The number of ether oxygens (including phenoxy) is 2. The van der Waals surface area contributed by atoms with Gasteiger partial charge >= 0.3 is 5.97 Å². The van der Waals surface area contributed by atoms with Crippen molar-refractivity contribution in [2.24, 2.45) is 0 Å². The minimum Gasteiger partial charge on any atom is -0.497 e. The zero-order valence-electron chi connectivity index (χ0n) is 10.8. The van der Waals surface area contributed by atoms with Crippen LogP contribution in [0.3, 0.4) is 0 Å². The highest BCUT2D eigenvalue weighted by molar-refractivity contribution is 7.81. The minimum atomic E-state index is -0.496. The van der Waals surface area contributed by atoms with Gasteiger partial charge in [-0.05, 0) is 18.2 Å². The summed E-state index contributed by atoms with van der Waals surface area (Å²) in [5.74, 6) is -0.00199. The summed E-state index contributed by atoms with van der Waals surface area (Å²) in [7, 11) is 2.82. The van der Waals surface area contributed by atoms with Crippen molar-refractivity contribution in [2.45, 2.75) is 11.7 Å². The van der Waals surface area contributed by atoms with Crippen LogP contribution in [0.1, 0.15) is 16.8 Å². The predicted octanol–water partition coefficient (Wildman–Crippen LogP) is 1.52. The van der Waals surface area contributed by atoms with Gasteiger partial charge in [0.05, 0.1) is 25.5 Å². The Bertz CT molecular complexity index is 517. The van der Waals surface area contributed by atoms with Crippen LogP contribution in [0.5, 0.6) is 5.75 Å². The second kappa shape index (κ2) is 5.52. The summed E-state index contributed by atoms with van der Waals surface area (Å²) in [5.41, 5.74) is 0.854. The maximum atomic E-state index is 11.9. The first-order chi connectivity index (χ1) is 9.06. The number of anilines is 1. The van der Waals surface area contributed by atoms with E-state index in [0.29, 0.717) is 30.0 Å². The second-order valence-corrected chi connectivity index (χ2v) is 4.97. The van der Waals surface area contributed by atoms with Crippen LogP contribution in [0.25, 0.3) is 0 Å². The van der Waals surface area contributed by atoms with Crippen molar-refractivity contribution in [3.8, 4) is 5.75 Å². The molecule has 0 aliphatic carbocycles. The Hall–Kier alpha value is -1.69. The summed E-state index contributed by atoms with van der Waals surface area (Å²) in [6.07, 6.45) is 0.371. The van der Waals surface area contributed by atoms with Crippen LogP contribution in [0, 0.1) is 0 Å². The van der Waals surface area contributed by atoms with Crippen molar-refractivity contribution in [3.05, 3.63) is 23.8 Å². The average molecular weight is 281 g/mol. The molecule has 0 bridgehead atoms. The third-order valence-electron chi connectivity index (χ3n) is 3.00. The van der Waals surface area contributed by atoms with Crippen LogP contribution in [0.15, 0.2) is 18.2 Å². The van der Waals surface area contributed by atoms with E-state index in [1.807, 2.05) is 0 Å². The predicted molar refractivity (Wildman–Crippen MR) is 74.1 cm³/mol. The van der Waals surface area contributed by atoms with Crippen LogP contribution >= 0.6 is 12.6 Å². The standard InChI is InChI=1S/C13H15NO4S/c1-17-8-3-4-11(10(5-8)13(16)18-2)14-7-9(19)6-12(14)15/h3-5,9,19H,6-7H2,1-2H3. The number of methoxy groups -OCH3 is 2. The molecule has 1 atom stereocenters. The van der Waals surface area contributed by atoms with Crippen LogP contribution in [-0.4, -0.2) is 37.9 Å². The zero-order chi connectivity index (χ0) is 14.0. The lowest BCUT2D eigenvalue weighted by Gasteiger charge is -2.19. The Balaban J connectivity index is 2.44. The molecule has 0 N–H and O–H groups in total. The van der Waals surface area contributed by atoms with E-state index in [1.54, 1.807) is 23.1 Å². The molecule has 0 aromatic heterocycles. The van der Waals surface area contributed by atoms with E-state index >= 15 is 0 Å². The largest absolute Gasteiger partial charge is 0.497 e. The number of esters is 1. The molecule has 1 aliphatic heterocycles. The van der Waals surface area contributed by atoms with Gasteiger partial charge in [0.25, 0.3) is 0 Å². The van der Waals surface area contributed by atoms with Gasteiger partial charge in [-0.25, -0.2) is 4.79 Å². The third-order valence-corrected chi connectivity index (χ3v) is 3.35. The summed E-state index contributed by atoms with van der Waals surface area (Å²) in [6, 6.07) is 4.97. The molecular formula is C13H15NO4S. The van der Waals surface area contributed by atoms with Gasteiger partial charge < -0.3 is 14.4 Å². The van der Waals surface area contributed by atoms with Gasteiger partial charge in [0.1, 0.15) is 5.75 Å². The van der Waals surface area contributed by atoms with Gasteiger partial charge in [-0.15, -0.1) is 0 Å². The molecule has 102 valence electrons. The lowest BCUT2D eigenvalue weighted by molar-refractivity contribution is -0.117. The van der Waals surface area contributed by atoms with Gasteiger partial charge in [-0.1, -0.05) is 0 Å². The first-order valence-electron chi connectivity index (χ1n) is 5.81. The van der Waals surface area contributed by atoms with Crippen molar-refractivity contribution in [1.29, 1.82) is 0 Å². The monoisotopic (exact) mass is 281 g/mol. The molecule has 6 heteroatoms. The van der Waals surface area contributed by atoms with Crippen molar-refractivity contribution >= 4 is 30.2 Å². The number of rotatable bonds is 3. The number of amides is 1. The fraction of sp³-hybridized carbons (Fsp3) is 0.385. The highest BCUT2D eigenvalue weighted by Crippen LogP contribution is 2.30. The summed E-state index contributed by atoms with van der Waals surface area (Å²) in [5, 5.41) is -0.0138. The normalized spacial score (nSPS) is 18.6. The lowest BCUT2D eigenvalue weighted by Crippen LogP contribution is -2.26. The van der Waals surface area contributed by atoms with Gasteiger partial charge in [0.15, 0.2) is 0 Å². The summed E-state index contributed by atoms with van der Waals surface area (Å²) in [6.45, 7) is 0.484. The molecule has 1 amide bonds. The fourth-order valence-corrected chi connectivity index (χ4v) is 2.39. The fourth-order valence-electron chi connectivity index (χ4n) is 2.07. The molecule has 1 saturated heterocycles. The topological polar surface area (TPSA) is 55.8 Å². The average Bonchev–Trinajstić information content (AvgIpc) is 2.76. The summed E-state index contributed by atoms with van der Waals surface area (Å²) < 4.78 is 9.84. The molecule has 2 rings (SSSR count). The van der Waals surface area contributed by atoms with Crippen molar-refractivity contribution in [2.75, 3.05) is 25.7 Å². The molecule has 1 aromatic rings. The highest BCUT2D eigenvalue weighted by atomic mass is 32.1. The molecular weight excluding hydrogens is 266 g/mol. The molecule has 1 heterocycles. The maximum Gasteiger partial charge on any atom is 0.340 e. The van der Waals surface area contributed by atoms with Crippen molar-refractivity contribution < 1.29 is 19.1 Å². The van der Waals surface area contributed by atoms with E-state index in [1.165, 1.54) is 14.2 Å². The zero-order valence-corrected chi connectivity index (χ0v) is 11.6. The quantitative estimate of drug-likeness (QED) is 0.674. The van der Waals surface area contributed by atoms with E-state index in [9.17, 15) is 9.59 Å². The number of carbonyl (C=O) groups is 2. The van der Waals surface area contributed by atoms with Crippen molar-refractivity contribution in [3.63, 3.8) is 0 Å². The SMILES string of the molecule is COC(=O)c1cc(OC)ccc1N1CC(S)CC1=O. The molecule has 1 fully saturated rings. The highest BCUT2D eigenvalue weighted by Gasteiger charge is 2.31. The van der Waals surface area contributed by atoms with Gasteiger partial charge in [0.2, 0.25) is 5.91 Å². The number of hydrogen-bond donors (Lipinski definition) is 1. The van der Waals surface area contributed by atoms with E-state index in [4.69, 9.17) is 9.47 Å². The first-order valence-corrected chi connectivity index (χ1v) is 6.33. The van der Waals surface area contributed by atoms with Gasteiger partial charge in [-0.2, -0.15) is 12.6 Å². The molecule has 1 unspecified atom stereocenters. The van der Waals surface area contributed by atoms with Crippen LogP contribution in [-0.2, 0) is 9.53 Å². The van der Waals surface area contributed by atoms with Crippen LogP contribution < -0.4 is 9.64 Å². The number of benzene rings is 1. The molecule has 19 heavy (non-hydrogen) atoms. The number of carbonyl (C=O) groups excluding carboxylic acids is 2. The summed E-state index contributed by atoms with van der Waals surface area (Å²) >= 11 is 4.31. The Morgan fingerprint density at radius 3 is 2.68 bits per heavy atom. The molecule has 5 nitrogen and oxygen atoms in total. The second-order valence-electron chi connectivity index (χ2n) is 4.24. The lowest BCUT2D eigenvalue weighted by atomic mass is 10.1. The van der Waals surface area contributed by atoms with E-state index in [2.05, 4.69) is 12.6 Å². The molecule has 0 spiro atoms. The Morgan fingerprint density at radius 2 is 2.16 bits per heavy atom. The van der Waals surface area contributed by atoms with E-state index in [0.717, 1.165) is 0 Å². The minimum absolute atomic E-state index is 0.0138. The third kappa shape index (κ3) is 2.68. The van der Waals surface area contributed by atoms with Gasteiger partial charge in [0, 0.05) is 18.2 Å². The maximum absolute atomic E-state index is 11.9. The Morgan fingerprint density at radius 1 is 1.42 bits per heavy atom. The Kier molecular flexibility index (Phi) is 3.99.